The molecule has 3 nitrogen and oxygen atoms in total. The minimum atomic E-state index is -4.33. The summed E-state index contributed by atoms with van der Waals surface area (Å²) in [5, 5.41) is -0.0922. The van der Waals surface area contributed by atoms with Crippen LogP contribution in [0.25, 0.3) is 5.65 Å². The van der Waals surface area contributed by atoms with Crippen molar-refractivity contribution < 1.29 is 13.2 Å². The van der Waals surface area contributed by atoms with Gasteiger partial charge < -0.3 is 0 Å². The SMILES string of the molecule is Cc1c(C(C)(C)C)nc2cc(SC(F)(F)F)ncn12. The maximum atomic E-state index is 12.3. The fraction of sp³-hybridized carbons (Fsp3) is 0.500. The van der Waals surface area contributed by atoms with E-state index in [1.54, 1.807) is 4.40 Å². The molecule has 7 heteroatoms. The molecule has 0 spiro atoms. The Morgan fingerprint density at radius 2 is 1.84 bits per heavy atom. The highest BCUT2D eigenvalue weighted by Crippen LogP contribution is 2.36. The van der Waals surface area contributed by atoms with Crippen LogP contribution in [0.5, 0.6) is 0 Å². The summed E-state index contributed by atoms with van der Waals surface area (Å²) in [6.07, 6.45) is 1.39. The van der Waals surface area contributed by atoms with E-state index in [1.165, 1.54) is 12.4 Å². The van der Waals surface area contributed by atoms with Gasteiger partial charge in [-0.3, -0.25) is 4.40 Å². The molecule has 0 saturated carbocycles. The first-order valence-corrected chi connectivity index (χ1v) is 6.50. The summed E-state index contributed by atoms with van der Waals surface area (Å²) in [6, 6.07) is 1.36. The second-order valence-electron chi connectivity index (χ2n) is 5.30. The molecule has 0 bridgehead atoms. The molecule has 0 unspecified atom stereocenters. The summed E-state index contributed by atoms with van der Waals surface area (Å²) in [6.45, 7) is 7.93. The Morgan fingerprint density at radius 1 is 1.21 bits per heavy atom. The van der Waals surface area contributed by atoms with E-state index in [1.807, 2.05) is 27.7 Å². The van der Waals surface area contributed by atoms with Gasteiger partial charge in [-0.15, -0.1) is 0 Å². The second kappa shape index (κ2) is 4.40. The van der Waals surface area contributed by atoms with Crippen LogP contribution < -0.4 is 0 Å². The third kappa shape index (κ3) is 3.02. The zero-order valence-corrected chi connectivity index (χ0v) is 11.9. The lowest BCUT2D eigenvalue weighted by molar-refractivity contribution is -0.0329. The topological polar surface area (TPSA) is 30.2 Å². The highest BCUT2D eigenvalue weighted by Gasteiger charge is 2.30. The quantitative estimate of drug-likeness (QED) is 0.588. The highest BCUT2D eigenvalue weighted by atomic mass is 32.2. The molecule has 0 aliphatic heterocycles. The van der Waals surface area contributed by atoms with Crippen LogP contribution in [0.3, 0.4) is 0 Å². The maximum Gasteiger partial charge on any atom is 0.447 e. The molecule has 0 amide bonds. The van der Waals surface area contributed by atoms with Crippen LogP contribution in [-0.4, -0.2) is 19.9 Å². The van der Waals surface area contributed by atoms with Crippen LogP contribution in [0.2, 0.25) is 0 Å². The first kappa shape index (κ1) is 14.2. The summed E-state index contributed by atoms with van der Waals surface area (Å²) in [7, 11) is 0. The average molecular weight is 289 g/mol. The molecule has 0 aromatic carbocycles. The fourth-order valence-corrected chi connectivity index (χ4v) is 2.43. The Kier molecular flexibility index (Phi) is 3.28. The standard InChI is InChI=1S/C12H14F3N3S/c1-7-10(11(2,3)4)17-8-5-9(16-6-18(7)8)19-12(13,14)15/h5-6H,1-4H3. The van der Waals surface area contributed by atoms with E-state index in [-0.39, 0.29) is 22.2 Å². The van der Waals surface area contributed by atoms with E-state index in [2.05, 4.69) is 9.97 Å². The van der Waals surface area contributed by atoms with Crippen LogP contribution >= 0.6 is 11.8 Å². The number of aromatic nitrogens is 3. The van der Waals surface area contributed by atoms with E-state index in [9.17, 15) is 13.2 Å². The molecular weight excluding hydrogens is 275 g/mol. The Balaban J connectivity index is 2.50. The Bertz CT molecular complexity index is 611. The minimum Gasteiger partial charge on any atom is -0.287 e. The molecule has 2 aromatic rings. The van der Waals surface area contributed by atoms with Crippen molar-refractivity contribution in [3.63, 3.8) is 0 Å². The predicted molar refractivity (Wildman–Crippen MR) is 68.3 cm³/mol. The smallest absolute Gasteiger partial charge is 0.287 e. The van der Waals surface area contributed by atoms with Crippen LogP contribution in [0.15, 0.2) is 17.4 Å². The molecule has 0 saturated heterocycles. The lowest BCUT2D eigenvalue weighted by atomic mass is 9.91. The number of fused-ring (bicyclic) bond motifs is 1. The Morgan fingerprint density at radius 3 is 2.37 bits per heavy atom. The first-order valence-electron chi connectivity index (χ1n) is 5.69. The number of hydrogen-bond acceptors (Lipinski definition) is 3. The van der Waals surface area contributed by atoms with Crippen molar-refractivity contribution in [2.45, 2.75) is 43.6 Å². The number of imidazole rings is 1. The third-order valence-corrected chi connectivity index (χ3v) is 3.32. The van der Waals surface area contributed by atoms with Crippen molar-refractivity contribution in [2.75, 3.05) is 0 Å². The van der Waals surface area contributed by atoms with Gasteiger partial charge in [-0.25, -0.2) is 9.97 Å². The van der Waals surface area contributed by atoms with E-state index in [0.717, 1.165) is 11.4 Å². The van der Waals surface area contributed by atoms with Crippen LogP contribution in [-0.2, 0) is 5.41 Å². The summed E-state index contributed by atoms with van der Waals surface area (Å²) in [5.41, 5.74) is -2.24. The molecule has 19 heavy (non-hydrogen) atoms. The average Bonchev–Trinajstić information content (AvgIpc) is 2.52. The number of hydrogen-bond donors (Lipinski definition) is 0. The summed E-state index contributed by atoms with van der Waals surface area (Å²) >= 11 is -0.226. The van der Waals surface area contributed by atoms with Crippen LogP contribution in [0.1, 0.15) is 32.2 Å². The van der Waals surface area contributed by atoms with Crippen LogP contribution in [0.4, 0.5) is 13.2 Å². The monoisotopic (exact) mass is 289 g/mol. The van der Waals surface area contributed by atoms with Gasteiger partial charge in [-0.2, -0.15) is 13.2 Å². The number of halogens is 3. The van der Waals surface area contributed by atoms with Gasteiger partial charge in [-0.05, 0) is 6.92 Å². The van der Waals surface area contributed by atoms with Gasteiger partial charge in [0.25, 0.3) is 0 Å². The largest absolute Gasteiger partial charge is 0.447 e. The molecule has 104 valence electrons. The van der Waals surface area contributed by atoms with Crippen molar-refractivity contribution in [2.24, 2.45) is 0 Å². The van der Waals surface area contributed by atoms with E-state index in [0.29, 0.717) is 5.65 Å². The summed E-state index contributed by atoms with van der Waals surface area (Å²) in [5.74, 6) is 0. The van der Waals surface area contributed by atoms with Gasteiger partial charge >= 0.3 is 5.51 Å². The Labute approximate surface area is 113 Å². The van der Waals surface area contributed by atoms with Crippen molar-refractivity contribution in [1.29, 1.82) is 0 Å². The van der Waals surface area contributed by atoms with Gasteiger partial charge in [0, 0.05) is 28.9 Å². The second-order valence-corrected chi connectivity index (χ2v) is 6.38. The zero-order chi connectivity index (χ0) is 14.4. The van der Waals surface area contributed by atoms with Crippen molar-refractivity contribution in [3.05, 3.63) is 23.8 Å². The van der Waals surface area contributed by atoms with Gasteiger partial charge in [0.15, 0.2) is 0 Å². The molecule has 2 heterocycles. The molecular formula is C12H14F3N3S. The summed E-state index contributed by atoms with van der Waals surface area (Å²) in [4.78, 5) is 8.23. The molecule has 0 atom stereocenters. The fourth-order valence-electron chi connectivity index (χ4n) is 1.93. The lowest BCUT2D eigenvalue weighted by Crippen LogP contribution is -2.13. The number of alkyl halides is 3. The molecule has 2 rings (SSSR count). The maximum absolute atomic E-state index is 12.3. The van der Waals surface area contributed by atoms with Gasteiger partial charge in [-0.1, -0.05) is 20.8 Å². The predicted octanol–water partition coefficient (Wildman–Crippen LogP) is 3.95. The zero-order valence-electron chi connectivity index (χ0n) is 11.0. The van der Waals surface area contributed by atoms with Crippen molar-refractivity contribution in [1.82, 2.24) is 14.4 Å². The number of aryl methyl sites for hydroxylation is 1. The van der Waals surface area contributed by atoms with Gasteiger partial charge in [0.1, 0.15) is 17.0 Å². The normalized spacial score (nSPS) is 13.2. The van der Waals surface area contributed by atoms with Crippen molar-refractivity contribution >= 4 is 17.4 Å². The van der Waals surface area contributed by atoms with Crippen molar-refractivity contribution in [3.8, 4) is 0 Å². The van der Waals surface area contributed by atoms with Gasteiger partial charge in [0.2, 0.25) is 0 Å². The van der Waals surface area contributed by atoms with Gasteiger partial charge in [0.05, 0.1) is 5.69 Å². The number of rotatable bonds is 1. The molecule has 0 aliphatic rings. The molecule has 0 fully saturated rings. The van der Waals surface area contributed by atoms with E-state index in [4.69, 9.17) is 0 Å². The van der Waals surface area contributed by atoms with E-state index >= 15 is 0 Å². The van der Waals surface area contributed by atoms with E-state index < -0.39 is 5.51 Å². The summed E-state index contributed by atoms with van der Waals surface area (Å²) < 4.78 is 38.6. The lowest BCUT2D eigenvalue weighted by Gasteiger charge is -2.16. The first-order chi connectivity index (χ1) is 8.58. The molecule has 2 aromatic heterocycles. The molecule has 0 N–H and O–H groups in total. The minimum absolute atomic E-state index is 0.0922. The number of nitrogens with zero attached hydrogens (tertiary/aromatic N) is 3. The third-order valence-electron chi connectivity index (χ3n) is 2.66. The highest BCUT2D eigenvalue weighted by molar-refractivity contribution is 8.00. The van der Waals surface area contributed by atoms with Crippen LogP contribution in [0, 0.1) is 6.92 Å². The number of thioether (sulfide) groups is 1. The Hall–Kier alpha value is -1.24. The molecule has 0 radical (unpaired) electrons. The molecule has 0 aliphatic carbocycles.